The third-order valence-electron chi connectivity index (χ3n) is 6.79. The molecular formula is C20H36Cl2N4O2. The highest BCUT2D eigenvalue weighted by Crippen LogP contribution is 2.33. The van der Waals surface area contributed by atoms with Gasteiger partial charge in [0, 0.05) is 57.8 Å². The first-order chi connectivity index (χ1) is 12.7. The van der Waals surface area contributed by atoms with Crippen LogP contribution in [-0.4, -0.2) is 84.4 Å². The lowest BCUT2D eigenvalue weighted by molar-refractivity contribution is -0.132. The molecule has 4 rings (SSSR count). The van der Waals surface area contributed by atoms with Crippen molar-refractivity contribution < 1.29 is 9.59 Å². The van der Waals surface area contributed by atoms with Gasteiger partial charge in [0.25, 0.3) is 0 Å². The van der Waals surface area contributed by atoms with E-state index in [1.54, 1.807) is 0 Å². The van der Waals surface area contributed by atoms with E-state index in [9.17, 15) is 9.59 Å². The number of rotatable bonds is 4. The SMILES string of the molecule is Cl.Cl.O=C(CC1CC2CCC(C1)N2)N1CCCN(CC(=O)N2CCCC2)CC1. The number of likely N-dealkylation sites (tertiary alicyclic amines) is 1. The number of piperidine rings is 1. The second kappa shape index (κ2) is 11.0. The molecule has 2 amide bonds. The van der Waals surface area contributed by atoms with Crippen LogP contribution >= 0.6 is 24.8 Å². The summed E-state index contributed by atoms with van der Waals surface area (Å²) in [6.07, 6.45) is 8.92. The molecule has 0 aromatic rings. The molecule has 4 saturated heterocycles. The van der Waals surface area contributed by atoms with Crippen molar-refractivity contribution >= 4 is 36.6 Å². The summed E-state index contributed by atoms with van der Waals surface area (Å²) < 4.78 is 0. The molecule has 28 heavy (non-hydrogen) atoms. The van der Waals surface area contributed by atoms with Gasteiger partial charge in [0.15, 0.2) is 0 Å². The summed E-state index contributed by atoms with van der Waals surface area (Å²) in [7, 11) is 0. The third kappa shape index (κ3) is 5.97. The fourth-order valence-electron chi connectivity index (χ4n) is 5.35. The van der Waals surface area contributed by atoms with Gasteiger partial charge in [-0.15, -0.1) is 24.8 Å². The highest BCUT2D eigenvalue weighted by Gasteiger charge is 2.35. The maximum absolute atomic E-state index is 12.8. The standard InChI is InChI=1S/C20H34N4O2.2ClH/c25-19(14-16-12-17-4-5-18(13-16)21-17)24-9-3-6-22(10-11-24)15-20(26)23-7-1-2-8-23;;/h16-18,21H,1-15H2;2*1H. The van der Waals surface area contributed by atoms with E-state index in [-0.39, 0.29) is 30.7 Å². The van der Waals surface area contributed by atoms with Gasteiger partial charge in [-0.3, -0.25) is 14.5 Å². The number of carbonyl (C=O) groups excluding carboxylic acids is 2. The van der Waals surface area contributed by atoms with Crippen molar-refractivity contribution in [1.82, 2.24) is 20.0 Å². The van der Waals surface area contributed by atoms with Gasteiger partial charge in [-0.2, -0.15) is 0 Å². The molecule has 4 aliphatic heterocycles. The number of hydrogen-bond acceptors (Lipinski definition) is 4. The van der Waals surface area contributed by atoms with E-state index in [0.717, 1.165) is 65.0 Å². The minimum atomic E-state index is 0. The molecule has 0 aromatic carbocycles. The second-order valence-electron chi connectivity index (χ2n) is 8.78. The van der Waals surface area contributed by atoms with Gasteiger partial charge in [-0.05, 0) is 50.9 Å². The van der Waals surface area contributed by atoms with Gasteiger partial charge in [0.2, 0.25) is 11.8 Å². The highest BCUT2D eigenvalue weighted by atomic mass is 35.5. The lowest BCUT2D eigenvalue weighted by Crippen LogP contribution is -2.42. The van der Waals surface area contributed by atoms with Gasteiger partial charge in [0.05, 0.1) is 6.54 Å². The van der Waals surface area contributed by atoms with Crippen LogP contribution in [0.5, 0.6) is 0 Å². The Labute approximate surface area is 181 Å². The molecule has 6 nitrogen and oxygen atoms in total. The van der Waals surface area contributed by atoms with E-state index in [2.05, 4.69) is 15.1 Å². The van der Waals surface area contributed by atoms with Gasteiger partial charge >= 0.3 is 0 Å². The average molecular weight is 435 g/mol. The van der Waals surface area contributed by atoms with E-state index in [4.69, 9.17) is 0 Å². The smallest absolute Gasteiger partial charge is 0.236 e. The Bertz CT molecular complexity index is 518. The van der Waals surface area contributed by atoms with Crippen LogP contribution in [0.15, 0.2) is 0 Å². The lowest BCUT2D eigenvalue weighted by Gasteiger charge is -2.30. The quantitative estimate of drug-likeness (QED) is 0.733. The van der Waals surface area contributed by atoms with Crippen molar-refractivity contribution in [2.45, 2.75) is 63.5 Å². The van der Waals surface area contributed by atoms with Crippen LogP contribution in [0.2, 0.25) is 0 Å². The van der Waals surface area contributed by atoms with Gasteiger partial charge in [0.1, 0.15) is 0 Å². The molecule has 8 heteroatoms. The number of fused-ring (bicyclic) bond motifs is 2. The lowest BCUT2D eigenvalue weighted by atomic mass is 9.89. The van der Waals surface area contributed by atoms with E-state index in [0.29, 0.717) is 30.5 Å². The van der Waals surface area contributed by atoms with Gasteiger partial charge in [-0.25, -0.2) is 0 Å². The zero-order chi connectivity index (χ0) is 17.9. The average Bonchev–Trinajstić information content (AvgIpc) is 3.21. The molecule has 2 atom stereocenters. The second-order valence-corrected chi connectivity index (χ2v) is 8.78. The molecule has 4 aliphatic rings. The van der Waals surface area contributed by atoms with Crippen LogP contribution in [-0.2, 0) is 9.59 Å². The first kappa shape index (κ1) is 23.7. The Kier molecular flexibility index (Phi) is 9.32. The number of amides is 2. The van der Waals surface area contributed by atoms with Crippen LogP contribution in [0, 0.1) is 5.92 Å². The third-order valence-corrected chi connectivity index (χ3v) is 6.79. The molecular weight excluding hydrogens is 399 g/mol. The summed E-state index contributed by atoms with van der Waals surface area (Å²) in [5.41, 5.74) is 0. The summed E-state index contributed by atoms with van der Waals surface area (Å²) in [5, 5.41) is 3.66. The van der Waals surface area contributed by atoms with E-state index in [1.807, 2.05) is 4.90 Å². The molecule has 4 fully saturated rings. The van der Waals surface area contributed by atoms with E-state index >= 15 is 0 Å². The normalized spacial score (nSPS) is 30.4. The Balaban J connectivity index is 0.00000140. The van der Waals surface area contributed by atoms with Crippen LogP contribution < -0.4 is 5.32 Å². The molecule has 1 N–H and O–H groups in total. The van der Waals surface area contributed by atoms with Crippen LogP contribution in [0.1, 0.15) is 51.4 Å². The molecule has 0 aliphatic carbocycles. The van der Waals surface area contributed by atoms with Crippen molar-refractivity contribution in [1.29, 1.82) is 0 Å². The maximum atomic E-state index is 12.8. The van der Waals surface area contributed by atoms with Crippen molar-refractivity contribution in [3.8, 4) is 0 Å². The first-order valence-electron chi connectivity index (χ1n) is 10.7. The maximum Gasteiger partial charge on any atom is 0.236 e. The highest BCUT2D eigenvalue weighted by molar-refractivity contribution is 5.85. The number of nitrogens with one attached hydrogen (secondary N) is 1. The summed E-state index contributed by atoms with van der Waals surface area (Å²) in [5.74, 6) is 1.17. The summed E-state index contributed by atoms with van der Waals surface area (Å²) in [6.45, 7) is 5.78. The molecule has 2 unspecified atom stereocenters. The number of nitrogens with zero attached hydrogens (tertiary/aromatic N) is 3. The summed E-state index contributed by atoms with van der Waals surface area (Å²) >= 11 is 0. The van der Waals surface area contributed by atoms with Crippen molar-refractivity contribution in [3.63, 3.8) is 0 Å². The molecule has 0 spiro atoms. The van der Waals surface area contributed by atoms with E-state index < -0.39 is 0 Å². The molecule has 162 valence electrons. The number of carbonyl (C=O) groups is 2. The van der Waals surface area contributed by atoms with E-state index in [1.165, 1.54) is 25.7 Å². The van der Waals surface area contributed by atoms with Crippen LogP contribution in [0.25, 0.3) is 0 Å². The monoisotopic (exact) mass is 434 g/mol. The molecule has 2 bridgehead atoms. The molecule has 0 saturated carbocycles. The zero-order valence-corrected chi connectivity index (χ0v) is 18.4. The molecule has 0 radical (unpaired) electrons. The minimum absolute atomic E-state index is 0. The Morgan fingerprint density at radius 1 is 0.750 bits per heavy atom. The Morgan fingerprint density at radius 3 is 2.04 bits per heavy atom. The molecule has 0 aromatic heterocycles. The summed E-state index contributed by atoms with van der Waals surface area (Å²) in [6, 6.07) is 1.31. The first-order valence-corrected chi connectivity index (χ1v) is 10.7. The van der Waals surface area contributed by atoms with Gasteiger partial charge < -0.3 is 15.1 Å². The topological polar surface area (TPSA) is 55.9 Å². The fourth-order valence-corrected chi connectivity index (χ4v) is 5.35. The van der Waals surface area contributed by atoms with Crippen LogP contribution in [0.4, 0.5) is 0 Å². The van der Waals surface area contributed by atoms with Gasteiger partial charge in [-0.1, -0.05) is 0 Å². The zero-order valence-electron chi connectivity index (χ0n) is 16.8. The Hall–Kier alpha value is -0.560. The number of halogens is 2. The fraction of sp³-hybridized carbons (Fsp3) is 0.900. The molecule has 4 heterocycles. The minimum Gasteiger partial charge on any atom is -0.342 e. The van der Waals surface area contributed by atoms with Crippen molar-refractivity contribution in [3.05, 3.63) is 0 Å². The predicted octanol–water partition coefficient (Wildman–Crippen LogP) is 1.91. The largest absolute Gasteiger partial charge is 0.342 e. The Morgan fingerprint density at radius 2 is 1.36 bits per heavy atom. The van der Waals surface area contributed by atoms with Crippen LogP contribution in [0.3, 0.4) is 0 Å². The van der Waals surface area contributed by atoms with Crippen molar-refractivity contribution in [2.75, 3.05) is 45.8 Å². The number of hydrogen-bond donors (Lipinski definition) is 1. The van der Waals surface area contributed by atoms with Crippen molar-refractivity contribution in [2.24, 2.45) is 5.92 Å². The predicted molar refractivity (Wildman–Crippen MR) is 115 cm³/mol. The summed E-state index contributed by atoms with van der Waals surface area (Å²) in [4.78, 5) is 31.5.